The van der Waals surface area contributed by atoms with Crippen LogP contribution in [-0.4, -0.2) is 4.98 Å². The first-order valence-corrected chi connectivity index (χ1v) is 9.29. The topological polar surface area (TPSA) is 24.9 Å². The first-order chi connectivity index (χ1) is 10.2. The van der Waals surface area contributed by atoms with E-state index in [1.807, 2.05) is 6.07 Å². The monoisotopic (exact) mass is 398 g/mol. The summed E-state index contributed by atoms with van der Waals surface area (Å²) < 4.78 is 0.801. The van der Waals surface area contributed by atoms with Crippen molar-refractivity contribution in [2.24, 2.45) is 0 Å². The molecule has 0 aliphatic carbocycles. The van der Waals surface area contributed by atoms with Crippen LogP contribution in [0.1, 0.15) is 15.8 Å². The van der Waals surface area contributed by atoms with Crippen LogP contribution in [0.25, 0.3) is 0 Å². The van der Waals surface area contributed by atoms with Crippen LogP contribution in [0.3, 0.4) is 0 Å². The predicted molar refractivity (Wildman–Crippen MR) is 95.7 cm³/mol. The number of aromatic nitrogens is 1. The first kappa shape index (κ1) is 15.0. The molecule has 0 radical (unpaired) electrons. The number of pyridine rings is 1. The maximum absolute atomic E-state index is 5.95. The van der Waals surface area contributed by atoms with E-state index in [0.717, 1.165) is 16.6 Å². The Morgan fingerprint density at radius 2 is 2.05 bits per heavy atom. The number of thiophene rings is 2. The van der Waals surface area contributed by atoms with Crippen LogP contribution < -0.4 is 5.32 Å². The SMILES string of the molecule is Clc1ncc(NC(Cc2cccs2)c2cccs2)cc1Br. The number of nitrogens with one attached hydrogen (secondary N) is 1. The lowest BCUT2D eigenvalue weighted by Gasteiger charge is -2.18. The second-order valence-electron chi connectivity index (χ2n) is 4.49. The van der Waals surface area contributed by atoms with Gasteiger partial charge in [-0.05, 0) is 44.9 Å². The van der Waals surface area contributed by atoms with Crippen LogP contribution >= 0.6 is 50.2 Å². The zero-order chi connectivity index (χ0) is 14.7. The van der Waals surface area contributed by atoms with E-state index >= 15 is 0 Å². The van der Waals surface area contributed by atoms with Gasteiger partial charge in [-0.3, -0.25) is 0 Å². The molecule has 6 heteroatoms. The van der Waals surface area contributed by atoms with Crippen molar-refractivity contribution in [3.8, 4) is 0 Å². The molecule has 0 aromatic carbocycles. The lowest BCUT2D eigenvalue weighted by atomic mass is 10.1. The van der Waals surface area contributed by atoms with E-state index in [0.29, 0.717) is 5.15 Å². The maximum Gasteiger partial charge on any atom is 0.143 e. The fourth-order valence-corrected chi connectivity index (χ4v) is 4.03. The van der Waals surface area contributed by atoms with Crippen LogP contribution in [0.5, 0.6) is 0 Å². The van der Waals surface area contributed by atoms with Crippen molar-refractivity contribution in [1.29, 1.82) is 0 Å². The lowest BCUT2D eigenvalue weighted by molar-refractivity contribution is 0.801. The maximum atomic E-state index is 5.95. The Morgan fingerprint density at radius 3 is 2.71 bits per heavy atom. The van der Waals surface area contributed by atoms with Gasteiger partial charge in [-0.2, -0.15) is 0 Å². The summed E-state index contributed by atoms with van der Waals surface area (Å²) in [6.07, 6.45) is 2.72. The van der Waals surface area contributed by atoms with E-state index in [1.54, 1.807) is 28.9 Å². The minimum Gasteiger partial charge on any atom is -0.376 e. The zero-order valence-corrected chi connectivity index (χ0v) is 14.9. The van der Waals surface area contributed by atoms with Crippen molar-refractivity contribution < 1.29 is 0 Å². The van der Waals surface area contributed by atoms with Gasteiger partial charge in [0.1, 0.15) is 5.15 Å². The zero-order valence-electron chi connectivity index (χ0n) is 10.9. The number of anilines is 1. The molecular weight excluding hydrogens is 388 g/mol. The van der Waals surface area contributed by atoms with Gasteiger partial charge in [0.15, 0.2) is 0 Å². The largest absolute Gasteiger partial charge is 0.376 e. The van der Waals surface area contributed by atoms with Gasteiger partial charge in [0.25, 0.3) is 0 Å². The van der Waals surface area contributed by atoms with Crippen molar-refractivity contribution in [1.82, 2.24) is 4.98 Å². The Balaban J connectivity index is 1.83. The highest BCUT2D eigenvalue weighted by Gasteiger charge is 2.15. The molecule has 0 aliphatic heterocycles. The molecule has 0 fully saturated rings. The van der Waals surface area contributed by atoms with Gasteiger partial charge < -0.3 is 5.32 Å². The highest BCUT2D eigenvalue weighted by molar-refractivity contribution is 9.10. The summed E-state index contributed by atoms with van der Waals surface area (Å²) in [5.74, 6) is 0. The third-order valence-corrected chi connectivity index (χ3v) is 6.03. The van der Waals surface area contributed by atoms with Crippen molar-refractivity contribution in [3.63, 3.8) is 0 Å². The molecule has 3 aromatic heterocycles. The summed E-state index contributed by atoms with van der Waals surface area (Å²) in [4.78, 5) is 6.85. The Kier molecular flexibility index (Phi) is 4.95. The number of nitrogens with zero attached hydrogens (tertiary/aromatic N) is 1. The summed E-state index contributed by atoms with van der Waals surface area (Å²) in [5.41, 5.74) is 0.959. The molecule has 21 heavy (non-hydrogen) atoms. The van der Waals surface area contributed by atoms with E-state index in [9.17, 15) is 0 Å². The van der Waals surface area contributed by atoms with Gasteiger partial charge in [0.2, 0.25) is 0 Å². The van der Waals surface area contributed by atoms with E-state index in [4.69, 9.17) is 11.6 Å². The molecule has 0 aliphatic rings. The fraction of sp³-hybridized carbons (Fsp3) is 0.133. The van der Waals surface area contributed by atoms with E-state index in [1.165, 1.54) is 9.75 Å². The van der Waals surface area contributed by atoms with E-state index in [-0.39, 0.29) is 6.04 Å². The third-order valence-electron chi connectivity index (χ3n) is 3.01. The lowest BCUT2D eigenvalue weighted by Crippen LogP contribution is -2.12. The Hall–Kier alpha value is -0.880. The second-order valence-corrected chi connectivity index (χ2v) is 7.72. The van der Waals surface area contributed by atoms with Crippen LogP contribution in [-0.2, 0) is 6.42 Å². The van der Waals surface area contributed by atoms with Gasteiger partial charge in [0, 0.05) is 16.2 Å². The highest BCUT2D eigenvalue weighted by Crippen LogP contribution is 2.30. The van der Waals surface area contributed by atoms with Gasteiger partial charge >= 0.3 is 0 Å². The number of hydrogen-bond donors (Lipinski definition) is 1. The Labute approximate surface area is 144 Å². The summed E-state index contributed by atoms with van der Waals surface area (Å²) in [5, 5.41) is 8.25. The summed E-state index contributed by atoms with van der Waals surface area (Å²) in [7, 11) is 0. The summed E-state index contributed by atoms with van der Waals surface area (Å²) in [6, 6.07) is 10.7. The molecule has 0 bridgehead atoms. The molecule has 0 saturated heterocycles. The van der Waals surface area contributed by atoms with E-state index < -0.39 is 0 Å². The van der Waals surface area contributed by atoms with E-state index in [2.05, 4.69) is 61.3 Å². The van der Waals surface area contributed by atoms with Gasteiger partial charge in [-0.1, -0.05) is 23.7 Å². The number of hydrogen-bond acceptors (Lipinski definition) is 4. The molecule has 0 saturated carbocycles. The van der Waals surface area contributed by atoms with Crippen molar-refractivity contribution >= 4 is 55.9 Å². The van der Waals surface area contributed by atoms with Crippen LogP contribution in [0.15, 0.2) is 51.8 Å². The smallest absolute Gasteiger partial charge is 0.143 e. The Bertz CT molecular complexity index is 699. The average molecular weight is 400 g/mol. The fourth-order valence-electron chi connectivity index (χ4n) is 2.04. The number of halogens is 2. The third kappa shape index (κ3) is 3.86. The first-order valence-electron chi connectivity index (χ1n) is 6.36. The average Bonchev–Trinajstić information content (AvgIpc) is 3.15. The second kappa shape index (κ2) is 6.92. The molecule has 1 N–H and O–H groups in total. The molecule has 0 amide bonds. The predicted octanol–water partition coefficient (Wildman–Crippen LogP) is 6.02. The molecule has 0 spiro atoms. The molecule has 3 rings (SSSR count). The van der Waals surface area contributed by atoms with Crippen molar-refractivity contribution in [2.75, 3.05) is 5.32 Å². The normalized spacial score (nSPS) is 12.3. The molecular formula is C15H12BrClN2S2. The van der Waals surface area contributed by atoms with Crippen molar-refractivity contribution in [2.45, 2.75) is 12.5 Å². The van der Waals surface area contributed by atoms with Gasteiger partial charge in [0.05, 0.1) is 22.4 Å². The summed E-state index contributed by atoms with van der Waals surface area (Å²) >= 11 is 12.9. The standard InChI is InChI=1S/C15H12BrClN2S2/c16-12-7-10(9-18-15(12)17)19-13(14-4-2-6-21-14)8-11-3-1-5-20-11/h1-7,9,13,19H,8H2. The molecule has 108 valence electrons. The highest BCUT2D eigenvalue weighted by atomic mass is 79.9. The van der Waals surface area contributed by atoms with Gasteiger partial charge in [-0.25, -0.2) is 4.98 Å². The Morgan fingerprint density at radius 1 is 1.24 bits per heavy atom. The molecule has 3 heterocycles. The number of rotatable bonds is 5. The van der Waals surface area contributed by atoms with Gasteiger partial charge in [-0.15, -0.1) is 22.7 Å². The minimum atomic E-state index is 0.235. The molecule has 1 atom stereocenters. The summed E-state index contributed by atoms with van der Waals surface area (Å²) in [6.45, 7) is 0. The van der Waals surface area contributed by atoms with Crippen molar-refractivity contribution in [3.05, 3.63) is 66.7 Å². The van der Waals surface area contributed by atoms with Crippen LogP contribution in [0.2, 0.25) is 5.15 Å². The quantitative estimate of drug-likeness (QED) is 0.531. The molecule has 1 unspecified atom stereocenters. The van der Waals surface area contributed by atoms with Crippen LogP contribution in [0, 0.1) is 0 Å². The minimum absolute atomic E-state index is 0.235. The molecule has 2 nitrogen and oxygen atoms in total. The van der Waals surface area contributed by atoms with Crippen LogP contribution in [0.4, 0.5) is 5.69 Å². The molecule has 3 aromatic rings.